The molecule has 3 heteroatoms. The van der Waals surface area contributed by atoms with E-state index >= 15 is 0 Å². The summed E-state index contributed by atoms with van der Waals surface area (Å²) in [4.78, 5) is 0. The lowest BCUT2D eigenvalue weighted by molar-refractivity contribution is 0.240. The van der Waals surface area contributed by atoms with Gasteiger partial charge in [0.05, 0.1) is 12.6 Å². The Labute approximate surface area is 82.5 Å². The monoisotopic (exact) mass is 197 g/mol. The van der Waals surface area contributed by atoms with E-state index in [1.165, 1.54) is 5.56 Å². The Hall–Kier alpha value is -0.570. The standard InChI is InChI=1S/C10H12ClNO/c11-8-3-1-2-7-4-5-12-9(6-13)10(7)8/h1-3,9,12-13H,4-6H2. The molecule has 2 rings (SSSR count). The Morgan fingerprint density at radius 2 is 2.38 bits per heavy atom. The van der Waals surface area contributed by atoms with Crippen molar-refractivity contribution in [3.63, 3.8) is 0 Å². The Kier molecular flexibility index (Phi) is 2.54. The van der Waals surface area contributed by atoms with E-state index in [1.807, 2.05) is 12.1 Å². The average Bonchev–Trinajstić information content (AvgIpc) is 2.17. The van der Waals surface area contributed by atoms with E-state index < -0.39 is 0 Å². The van der Waals surface area contributed by atoms with E-state index in [-0.39, 0.29) is 12.6 Å². The van der Waals surface area contributed by atoms with E-state index in [0.29, 0.717) is 0 Å². The Morgan fingerprint density at radius 3 is 3.15 bits per heavy atom. The third kappa shape index (κ3) is 1.57. The topological polar surface area (TPSA) is 32.3 Å². The van der Waals surface area contributed by atoms with Gasteiger partial charge < -0.3 is 10.4 Å². The van der Waals surface area contributed by atoms with Gasteiger partial charge >= 0.3 is 0 Å². The van der Waals surface area contributed by atoms with Gasteiger partial charge in [0, 0.05) is 5.02 Å². The first-order chi connectivity index (χ1) is 6.33. The first kappa shape index (κ1) is 9.00. The molecule has 0 aliphatic carbocycles. The van der Waals surface area contributed by atoms with Gasteiger partial charge in [-0.25, -0.2) is 0 Å². The smallest absolute Gasteiger partial charge is 0.0627 e. The van der Waals surface area contributed by atoms with Crippen LogP contribution in [-0.4, -0.2) is 18.3 Å². The molecule has 0 saturated carbocycles. The number of aliphatic hydroxyl groups excluding tert-OH is 1. The van der Waals surface area contributed by atoms with Crippen LogP contribution in [-0.2, 0) is 6.42 Å². The van der Waals surface area contributed by atoms with Gasteiger partial charge in [0.2, 0.25) is 0 Å². The number of rotatable bonds is 1. The quantitative estimate of drug-likeness (QED) is 0.716. The number of hydrogen-bond donors (Lipinski definition) is 2. The van der Waals surface area contributed by atoms with Crippen molar-refractivity contribution in [3.8, 4) is 0 Å². The maximum Gasteiger partial charge on any atom is 0.0627 e. The fraction of sp³-hybridized carbons (Fsp3) is 0.400. The van der Waals surface area contributed by atoms with Crippen LogP contribution in [0.25, 0.3) is 0 Å². The first-order valence-electron chi connectivity index (χ1n) is 4.44. The van der Waals surface area contributed by atoms with Gasteiger partial charge in [0.1, 0.15) is 0 Å². The molecule has 0 bridgehead atoms. The molecule has 1 atom stereocenters. The summed E-state index contributed by atoms with van der Waals surface area (Å²) in [6, 6.07) is 5.92. The van der Waals surface area contributed by atoms with Gasteiger partial charge in [-0.05, 0) is 30.2 Å². The molecule has 0 saturated heterocycles. The molecule has 0 aromatic heterocycles. The molecule has 1 heterocycles. The van der Waals surface area contributed by atoms with Crippen molar-refractivity contribution in [2.24, 2.45) is 0 Å². The summed E-state index contributed by atoms with van der Waals surface area (Å²) in [6.45, 7) is 1.02. The highest BCUT2D eigenvalue weighted by molar-refractivity contribution is 6.31. The summed E-state index contributed by atoms with van der Waals surface area (Å²) >= 11 is 6.06. The molecule has 1 aliphatic heterocycles. The molecule has 1 aromatic rings. The van der Waals surface area contributed by atoms with E-state index in [4.69, 9.17) is 16.7 Å². The predicted molar refractivity (Wildman–Crippen MR) is 53.0 cm³/mol. The molecular weight excluding hydrogens is 186 g/mol. The Balaban J connectivity index is 2.47. The van der Waals surface area contributed by atoms with E-state index in [0.717, 1.165) is 23.6 Å². The molecule has 2 N–H and O–H groups in total. The normalized spacial score (nSPS) is 21.2. The minimum Gasteiger partial charge on any atom is -0.394 e. The molecule has 70 valence electrons. The number of halogens is 1. The van der Waals surface area contributed by atoms with Crippen LogP contribution in [0.1, 0.15) is 17.2 Å². The van der Waals surface area contributed by atoms with Crippen LogP contribution in [0.4, 0.5) is 0 Å². The first-order valence-corrected chi connectivity index (χ1v) is 4.82. The van der Waals surface area contributed by atoms with Crippen molar-refractivity contribution in [2.75, 3.05) is 13.2 Å². The summed E-state index contributed by atoms with van der Waals surface area (Å²) in [7, 11) is 0. The highest BCUT2D eigenvalue weighted by Crippen LogP contribution is 2.29. The van der Waals surface area contributed by atoms with Crippen molar-refractivity contribution < 1.29 is 5.11 Å². The fourth-order valence-corrected chi connectivity index (χ4v) is 2.15. The predicted octanol–water partition coefficient (Wildman–Crippen LogP) is 1.52. The van der Waals surface area contributed by atoms with Gasteiger partial charge in [0.15, 0.2) is 0 Å². The second-order valence-corrected chi connectivity index (χ2v) is 3.66. The van der Waals surface area contributed by atoms with Gasteiger partial charge in [-0.3, -0.25) is 0 Å². The summed E-state index contributed by atoms with van der Waals surface area (Å²) in [5.74, 6) is 0. The van der Waals surface area contributed by atoms with Gasteiger partial charge in [-0.15, -0.1) is 0 Å². The molecule has 0 fully saturated rings. The zero-order valence-corrected chi connectivity index (χ0v) is 8.01. The van der Waals surface area contributed by atoms with Crippen LogP contribution in [0.5, 0.6) is 0 Å². The molecule has 13 heavy (non-hydrogen) atoms. The highest BCUT2D eigenvalue weighted by atomic mass is 35.5. The number of nitrogens with one attached hydrogen (secondary N) is 1. The van der Waals surface area contributed by atoms with Crippen LogP contribution < -0.4 is 5.32 Å². The summed E-state index contributed by atoms with van der Waals surface area (Å²) in [5.41, 5.74) is 2.32. The van der Waals surface area contributed by atoms with Gasteiger partial charge in [-0.2, -0.15) is 0 Å². The molecule has 1 aromatic carbocycles. The Morgan fingerprint density at radius 1 is 1.54 bits per heavy atom. The van der Waals surface area contributed by atoms with Crippen LogP contribution in [0.15, 0.2) is 18.2 Å². The molecule has 2 nitrogen and oxygen atoms in total. The maximum absolute atomic E-state index is 9.14. The highest BCUT2D eigenvalue weighted by Gasteiger charge is 2.20. The second-order valence-electron chi connectivity index (χ2n) is 3.25. The lowest BCUT2D eigenvalue weighted by Gasteiger charge is -2.26. The van der Waals surface area contributed by atoms with Crippen LogP contribution >= 0.6 is 11.6 Å². The van der Waals surface area contributed by atoms with Crippen molar-refractivity contribution in [1.29, 1.82) is 0 Å². The van der Waals surface area contributed by atoms with Crippen molar-refractivity contribution in [2.45, 2.75) is 12.5 Å². The molecule has 0 radical (unpaired) electrons. The maximum atomic E-state index is 9.14. The van der Waals surface area contributed by atoms with Crippen molar-refractivity contribution in [3.05, 3.63) is 34.3 Å². The van der Waals surface area contributed by atoms with Crippen LogP contribution in [0, 0.1) is 0 Å². The second kappa shape index (κ2) is 3.66. The lowest BCUT2D eigenvalue weighted by atomic mass is 9.95. The van der Waals surface area contributed by atoms with E-state index in [2.05, 4.69) is 11.4 Å². The zero-order valence-electron chi connectivity index (χ0n) is 7.26. The minimum atomic E-state index is 0.0115. The summed E-state index contributed by atoms with van der Waals surface area (Å²) in [5, 5.41) is 13.1. The van der Waals surface area contributed by atoms with Crippen LogP contribution in [0.2, 0.25) is 5.02 Å². The SMILES string of the molecule is OCC1NCCc2cccc(Cl)c21. The molecule has 1 aliphatic rings. The summed E-state index contributed by atoms with van der Waals surface area (Å²) < 4.78 is 0. The van der Waals surface area contributed by atoms with Gasteiger partial charge in [-0.1, -0.05) is 23.7 Å². The third-order valence-corrected chi connectivity index (χ3v) is 2.79. The number of benzene rings is 1. The number of fused-ring (bicyclic) bond motifs is 1. The molecule has 0 spiro atoms. The molecular formula is C10H12ClNO. The number of hydrogen-bond acceptors (Lipinski definition) is 2. The zero-order chi connectivity index (χ0) is 9.26. The lowest BCUT2D eigenvalue weighted by Crippen LogP contribution is -2.32. The Bertz CT molecular complexity index is 314. The van der Waals surface area contributed by atoms with Gasteiger partial charge in [0.25, 0.3) is 0 Å². The fourth-order valence-electron chi connectivity index (χ4n) is 1.83. The molecule has 1 unspecified atom stereocenters. The third-order valence-electron chi connectivity index (χ3n) is 2.46. The minimum absolute atomic E-state index is 0.0115. The largest absolute Gasteiger partial charge is 0.394 e. The van der Waals surface area contributed by atoms with Crippen LogP contribution in [0.3, 0.4) is 0 Å². The van der Waals surface area contributed by atoms with E-state index in [1.54, 1.807) is 0 Å². The van der Waals surface area contributed by atoms with Crippen molar-refractivity contribution in [1.82, 2.24) is 5.32 Å². The summed E-state index contributed by atoms with van der Waals surface area (Å²) in [6.07, 6.45) is 0.992. The van der Waals surface area contributed by atoms with Crippen molar-refractivity contribution >= 4 is 11.6 Å². The van der Waals surface area contributed by atoms with E-state index in [9.17, 15) is 0 Å². The average molecular weight is 198 g/mol. The number of aliphatic hydroxyl groups is 1. The molecule has 0 amide bonds.